The second-order valence-electron chi connectivity index (χ2n) is 7.81. The number of hydrogen-bond donors (Lipinski definition) is 1. The lowest BCUT2D eigenvalue weighted by Gasteiger charge is -2.44. The molecule has 0 aliphatic carbocycles. The summed E-state index contributed by atoms with van der Waals surface area (Å²) in [5.41, 5.74) is -2.49. The second-order valence-corrected chi connectivity index (χ2v) is 7.81. The third kappa shape index (κ3) is 2.99. The third-order valence-electron chi connectivity index (χ3n) is 4.80. The van der Waals surface area contributed by atoms with Gasteiger partial charge in [0.05, 0.1) is 11.2 Å². The normalized spacial score (nSPS) is 29.7. The summed E-state index contributed by atoms with van der Waals surface area (Å²) in [5, 5.41) is 11.0. The lowest BCUT2D eigenvalue weighted by atomic mass is 9.80. The Hall–Kier alpha value is -1.69. The molecule has 0 aromatic heterocycles. The van der Waals surface area contributed by atoms with Gasteiger partial charge in [-0.05, 0) is 45.7 Å². The maximum absolute atomic E-state index is 14.1. The molecule has 6 heteroatoms. The van der Waals surface area contributed by atoms with Crippen molar-refractivity contribution in [1.29, 1.82) is 0 Å². The molecule has 2 saturated heterocycles. The summed E-state index contributed by atoms with van der Waals surface area (Å²) in [4.78, 5) is 14.1. The van der Waals surface area contributed by atoms with Crippen molar-refractivity contribution in [2.45, 2.75) is 69.7 Å². The van der Waals surface area contributed by atoms with Gasteiger partial charge < -0.3 is 14.7 Å². The van der Waals surface area contributed by atoms with Gasteiger partial charge in [-0.3, -0.25) is 0 Å². The van der Waals surface area contributed by atoms with E-state index in [0.717, 1.165) is 12.1 Å². The Kier molecular flexibility index (Phi) is 4.06. The zero-order chi connectivity index (χ0) is 17.7. The first-order valence-corrected chi connectivity index (χ1v) is 8.29. The van der Waals surface area contributed by atoms with Crippen molar-refractivity contribution in [2.75, 3.05) is 0 Å². The van der Waals surface area contributed by atoms with Crippen molar-refractivity contribution in [3.8, 4) is 0 Å². The predicted molar refractivity (Wildman–Crippen MR) is 84.4 cm³/mol. The standard InChI is InChI=1S/C18H23F2NO3/c1-17(2,3)24-16(22)21-11-7-8-12(21)10-18(23,9-11)15-13(19)5-4-6-14(15)20/h4-6,11-12,23H,7-10H2,1-3H3. The molecule has 2 unspecified atom stereocenters. The van der Waals surface area contributed by atoms with Crippen molar-refractivity contribution < 1.29 is 23.4 Å². The van der Waals surface area contributed by atoms with Crippen molar-refractivity contribution >= 4 is 6.09 Å². The van der Waals surface area contributed by atoms with Crippen LogP contribution in [0.5, 0.6) is 0 Å². The predicted octanol–water partition coefficient (Wildman–Crippen LogP) is 3.71. The molecule has 1 amide bonds. The molecule has 2 atom stereocenters. The number of rotatable bonds is 1. The highest BCUT2D eigenvalue weighted by molar-refractivity contribution is 5.69. The molecular formula is C18H23F2NO3. The number of benzene rings is 1. The third-order valence-corrected chi connectivity index (χ3v) is 4.80. The molecule has 2 heterocycles. The van der Waals surface area contributed by atoms with E-state index in [1.165, 1.54) is 6.07 Å². The number of aliphatic hydroxyl groups is 1. The smallest absolute Gasteiger partial charge is 0.410 e. The largest absolute Gasteiger partial charge is 0.444 e. The number of piperidine rings is 1. The second kappa shape index (κ2) is 5.69. The monoisotopic (exact) mass is 339 g/mol. The Bertz CT molecular complexity index is 622. The molecule has 3 rings (SSSR count). The zero-order valence-corrected chi connectivity index (χ0v) is 14.2. The van der Waals surface area contributed by atoms with E-state index in [-0.39, 0.29) is 30.5 Å². The molecule has 4 nitrogen and oxygen atoms in total. The van der Waals surface area contributed by atoms with Crippen LogP contribution in [0.3, 0.4) is 0 Å². The Labute approximate surface area is 140 Å². The number of fused-ring (bicyclic) bond motifs is 2. The fourth-order valence-electron chi connectivity index (χ4n) is 3.98. The molecule has 2 bridgehead atoms. The quantitative estimate of drug-likeness (QED) is 0.848. The molecule has 2 fully saturated rings. The van der Waals surface area contributed by atoms with Crippen LogP contribution in [0.2, 0.25) is 0 Å². The van der Waals surface area contributed by atoms with Crippen LogP contribution in [0, 0.1) is 11.6 Å². The van der Waals surface area contributed by atoms with E-state index in [4.69, 9.17) is 4.74 Å². The van der Waals surface area contributed by atoms with E-state index in [1.807, 2.05) is 0 Å². The Morgan fingerprint density at radius 1 is 1.21 bits per heavy atom. The minimum Gasteiger partial charge on any atom is -0.444 e. The zero-order valence-electron chi connectivity index (χ0n) is 14.2. The summed E-state index contributed by atoms with van der Waals surface area (Å²) < 4.78 is 33.7. The van der Waals surface area contributed by atoms with Crippen molar-refractivity contribution in [3.63, 3.8) is 0 Å². The van der Waals surface area contributed by atoms with E-state index in [9.17, 15) is 18.7 Å². The van der Waals surface area contributed by atoms with Crippen LogP contribution in [0.4, 0.5) is 13.6 Å². The van der Waals surface area contributed by atoms with E-state index >= 15 is 0 Å². The topological polar surface area (TPSA) is 49.8 Å². The molecule has 0 saturated carbocycles. The highest BCUT2D eigenvalue weighted by Gasteiger charge is 2.52. The Morgan fingerprint density at radius 2 is 1.71 bits per heavy atom. The fraction of sp³-hybridized carbons (Fsp3) is 0.611. The van der Waals surface area contributed by atoms with Gasteiger partial charge in [-0.25, -0.2) is 13.6 Å². The van der Waals surface area contributed by atoms with Gasteiger partial charge in [-0.1, -0.05) is 6.07 Å². The van der Waals surface area contributed by atoms with Gasteiger partial charge in [-0.2, -0.15) is 0 Å². The molecule has 0 spiro atoms. The summed E-state index contributed by atoms with van der Waals surface area (Å²) in [6.45, 7) is 5.38. The van der Waals surface area contributed by atoms with Crippen LogP contribution < -0.4 is 0 Å². The first kappa shape index (κ1) is 17.1. The lowest BCUT2D eigenvalue weighted by molar-refractivity contribution is -0.0657. The molecule has 1 aromatic rings. The fourth-order valence-corrected chi connectivity index (χ4v) is 3.98. The summed E-state index contributed by atoms with van der Waals surface area (Å²) in [7, 11) is 0. The van der Waals surface area contributed by atoms with Crippen LogP contribution >= 0.6 is 0 Å². The van der Waals surface area contributed by atoms with Gasteiger partial charge in [0, 0.05) is 24.9 Å². The first-order chi connectivity index (χ1) is 11.1. The number of halogens is 2. The molecule has 2 aliphatic rings. The van der Waals surface area contributed by atoms with Crippen molar-refractivity contribution in [3.05, 3.63) is 35.4 Å². The van der Waals surface area contributed by atoms with Crippen LogP contribution in [0.25, 0.3) is 0 Å². The van der Waals surface area contributed by atoms with E-state index < -0.39 is 28.9 Å². The maximum Gasteiger partial charge on any atom is 0.410 e. The van der Waals surface area contributed by atoms with Gasteiger partial charge in [0.1, 0.15) is 17.2 Å². The van der Waals surface area contributed by atoms with Gasteiger partial charge in [0.15, 0.2) is 0 Å². The van der Waals surface area contributed by atoms with Crippen LogP contribution in [0.1, 0.15) is 52.0 Å². The molecule has 1 N–H and O–H groups in total. The van der Waals surface area contributed by atoms with Gasteiger partial charge >= 0.3 is 6.09 Å². The number of hydrogen-bond acceptors (Lipinski definition) is 3. The summed E-state index contributed by atoms with van der Waals surface area (Å²) in [5.74, 6) is -1.50. The average Bonchev–Trinajstić information content (AvgIpc) is 2.70. The molecule has 24 heavy (non-hydrogen) atoms. The minimum atomic E-state index is -1.60. The minimum absolute atomic E-state index is 0.112. The number of ether oxygens (including phenoxy) is 1. The van der Waals surface area contributed by atoms with Crippen LogP contribution in [-0.4, -0.2) is 33.8 Å². The number of carbonyl (C=O) groups is 1. The maximum atomic E-state index is 14.1. The SMILES string of the molecule is CC(C)(C)OC(=O)N1C2CCC1CC(O)(c1c(F)cccc1F)C2. The van der Waals surface area contributed by atoms with Crippen molar-refractivity contribution in [1.82, 2.24) is 4.90 Å². The summed E-state index contributed by atoms with van der Waals surface area (Å²) >= 11 is 0. The number of nitrogens with zero attached hydrogens (tertiary/aromatic N) is 1. The molecule has 2 aliphatic heterocycles. The van der Waals surface area contributed by atoms with Crippen LogP contribution in [-0.2, 0) is 10.3 Å². The average molecular weight is 339 g/mol. The molecular weight excluding hydrogens is 316 g/mol. The van der Waals surface area contributed by atoms with Gasteiger partial charge in [-0.15, -0.1) is 0 Å². The van der Waals surface area contributed by atoms with Gasteiger partial charge in [0.25, 0.3) is 0 Å². The highest BCUT2D eigenvalue weighted by Crippen LogP contribution is 2.47. The lowest BCUT2D eigenvalue weighted by Crippen LogP contribution is -2.53. The number of carbonyl (C=O) groups excluding carboxylic acids is 1. The van der Waals surface area contributed by atoms with E-state index in [2.05, 4.69) is 0 Å². The van der Waals surface area contributed by atoms with Crippen LogP contribution in [0.15, 0.2) is 18.2 Å². The Balaban J connectivity index is 1.86. The molecule has 1 aromatic carbocycles. The van der Waals surface area contributed by atoms with E-state index in [1.54, 1.807) is 25.7 Å². The number of amides is 1. The van der Waals surface area contributed by atoms with Crippen molar-refractivity contribution in [2.24, 2.45) is 0 Å². The first-order valence-electron chi connectivity index (χ1n) is 8.29. The molecule has 0 radical (unpaired) electrons. The Morgan fingerprint density at radius 3 is 2.17 bits per heavy atom. The van der Waals surface area contributed by atoms with E-state index in [0.29, 0.717) is 12.8 Å². The van der Waals surface area contributed by atoms with Gasteiger partial charge in [0.2, 0.25) is 0 Å². The summed E-state index contributed by atoms with van der Waals surface area (Å²) in [6, 6.07) is 3.03. The molecule has 132 valence electrons. The highest BCUT2D eigenvalue weighted by atomic mass is 19.1. The summed E-state index contributed by atoms with van der Waals surface area (Å²) in [6.07, 6.45) is 1.19.